The molecule has 0 spiro atoms. The first kappa shape index (κ1) is 15.8. The zero-order valence-electron chi connectivity index (χ0n) is 11.9. The van der Waals surface area contributed by atoms with E-state index >= 15 is 0 Å². The predicted octanol–water partition coefficient (Wildman–Crippen LogP) is 3.13. The van der Waals surface area contributed by atoms with Crippen molar-refractivity contribution in [2.75, 3.05) is 13.2 Å². The molecule has 0 radical (unpaired) electrons. The van der Waals surface area contributed by atoms with Gasteiger partial charge in [0.25, 0.3) is 0 Å². The average molecular weight is 359 g/mol. The summed E-state index contributed by atoms with van der Waals surface area (Å²) >= 11 is 3.27. The number of pyridine rings is 1. The molecule has 21 heavy (non-hydrogen) atoms. The van der Waals surface area contributed by atoms with E-state index in [0.29, 0.717) is 29.8 Å². The summed E-state index contributed by atoms with van der Waals surface area (Å²) in [5.41, 5.74) is 0.808. The Bertz CT molecular complexity index is 657. The monoisotopic (exact) mass is 358 g/mol. The molecule has 7 heteroatoms. The van der Waals surface area contributed by atoms with Crippen LogP contribution in [-0.4, -0.2) is 28.6 Å². The Kier molecular flexibility index (Phi) is 5.17. The Labute approximate surface area is 130 Å². The number of carbonyl (C=O) groups is 1. The Morgan fingerprint density at radius 2 is 2.14 bits per heavy atom. The van der Waals surface area contributed by atoms with Gasteiger partial charge in [-0.05, 0) is 29.8 Å². The van der Waals surface area contributed by atoms with Crippen molar-refractivity contribution in [2.45, 2.75) is 26.7 Å². The van der Waals surface area contributed by atoms with Gasteiger partial charge in [-0.15, -0.1) is 0 Å². The van der Waals surface area contributed by atoms with E-state index in [-0.39, 0.29) is 23.8 Å². The fourth-order valence-electron chi connectivity index (χ4n) is 1.95. The first-order chi connectivity index (χ1) is 10.1. The molecule has 5 nitrogen and oxygen atoms in total. The number of hydrogen-bond acceptors (Lipinski definition) is 4. The molecule has 2 heterocycles. The van der Waals surface area contributed by atoms with Crippen LogP contribution in [0.3, 0.4) is 0 Å². The van der Waals surface area contributed by atoms with Crippen molar-refractivity contribution in [3.05, 3.63) is 28.4 Å². The predicted molar refractivity (Wildman–Crippen MR) is 79.0 cm³/mol. The molecule has 2 aromatic heterocycles. The molecule has 0 saturated heterocycles. The van der Waals surface area contributed by atoms with Crippen LogP contribution in [0.5, 0.6) is 5.75 Å². The van der Waals surface area contributed by atoms with E-state index in [0.717, 1.165) is 0 Å². The van der Waals surface area contributed by atoms with E-state index < -0.39 is 5.82 Å². The summed E-state index contributed by atoms with van der Waals surface area (Å²) in [7, 11) is 0. The second-order valence-corrected chi connectivity index (χ2v) is 5.18. The van der Waals surface area contributed by atoms with Gasteiger partial charge in [0.05, 0.1) is 29.8 Å². The molecule has 0 aliphatic carbocycles. The third-order valence-corrected chi connectivity index (χ3v) is 3.39. The van der Waals surface area contributed by atoms with Gasteiger partial charge >= 0.3 is 5.97 Å². The highest BCUT2D eigenvalue weighted by Gasteiger charge is 2.16. The summed E-state index contributed by atoms with van der Waals surface area (Å²) in [6.07, 6.45) is 4.00. The maximum Gasteiger partial charge on any atom is 0.306 e. The van der Waals surface area contributed by atoms with E-state index in [1.807, 2.05) is 0 Å². The largest absolute Gasteiger partial charge is 0.489 e. The van der Waals surface area contributed by atoms with Crippen LogP contribution in [0, 0.1) is 5.82 Å². The molecule has 0 unspecified atom stereocenters. The molecule has 0 bridgehead atoms. The maximum absolute atomic E-state index is 14.3. The molecule has 0 saturated carbocycles. The zero-order chi connectivity index (χ0) is 15.4. The molecule has 0 amide bonds. The molecule has 0 aromatic carbocycles. The van der Waals surface area contributed by atoms with Gasteiger partial charge in [0, 0.05) is 18.8 Å². The number of rotatable bonds is 6. The standard InChI is InChI=1S/C14H16BrFN2O3/c1-3-20-11(19)6-5-9-7-18-8-10(15)13(21-4-2)12(16)14(18)17-9/h7-8H,3-6H2,1-2H3. The summed E-state index contributed by atoms with van der Waals surface area (Å²) < 4.78 is 26.5. The average Bonchev–Trinajstić information content (AvgIpc) is 2.85. The number of ether oxygens (including phenoxy) is 2. The summed E-state index contributed by atoms with van der Waals surface area (Å²) in [5, 5.41) is 0. The number of esters is 1. The van der Waals surface area contributed by atoms with Crippen LogP contribution in [-0.2, 0) is 16.0 Å². The fourth-order valence-corrected chi connectivity index (χ4v) is 2.46. The highest BCUT2D eigenvalue weighted by atomic mass is 79.9. The van der Waals surface area contributed by atoms with E-state index in [9.17, 15) is 9.18 Å². The van der Waals surface area contributed by atoms with Crippen molar-refractivity contribution in [1.82, 2.24) is 9.38 Å². The number of aromatic nitrogens is 2. The Morgan fingerprint density at radius 1 is 1.38 bits per heavy atom. The number of nitrogens with zero attached hydrogens (tertiary/aromatic N) is 2. The second kappa shape index (κ2) is 6.89. The van der Waals surface area contributed by atoms with Gasteiger partial charge in [-0.3, -0.25) is 4.79 Å². The number of imidazole rings is 1. The minimum absolute atomic E-state index is 0.146. The van der Waals surface area contributed by atoms with E-state index in [1.54, 1.807) is 30.6 Å². The van der Waals surface area contributed by atoms with Gasteiger partial charge in [-0.1, -0.05) is 0 Å². The quantitative estimate of drug-likeness (QED) is 0.744. The number of aryl methyl sites for hydroxylation is 1. The van der Waals surface area contributed by atoms with Crippen molar-refractivity contribution in [3.8, 4) is 5.75 Å². The minimum Gasteiger partial charge on any atom is -0.489 e. The molecule has 2 rings (SSSR count). The first-order valence-corrected chi connectivity index (χ1v) is 7.50. The van der Waals surface area contributed by atoms with Crippen molar-refractivity contribution < 1.29 is 18.7 Å². The van der Waals surface area contributed by atoms with Crippen LogP contribution < -0.4 is 4.74 Å². The molecule has 0 aliphatic rings. The van der Waals surface area contributed by atoms with Crippen molar-refractivity contribution in [1.29, 1.82) is 0 Å². The van der Waals surface area contributed by atoms with Crippen LogP contribution in [0.25, 0.3) is 5.65 Å². The van der Waals surface area contributed by atoms with Crippen LogP contribution >= 0.6 is 15.9 Å². The van der Waals surface area contributed by atoms with Gasteiger partial charge in [0.1, 0.15) is 0 Å². The zero-order valence-corrected chi connectivity index (χ0v) is 13.4. The smallest absolute Gasteiger partial charge is 0.306 e. The molecule has 0 N–H and O–H groups in total. The molecule has 2 aromatic rings. The highest BCUT2D eigenvalue weighted by molar-refractivity contribution is 9.10. The molecule has 114 valence electrons. The van der Waals surface area contributed by atoms with Gasteiger partial charge in [-0.25, -0.2) is 4.98 Å². The maximum atomic E-state index is 14.3. The van der Waals surface area contributed by atoms with Crippen LogP contribution in [0.4, 0.5) is 4.39 Å². The Morgan fingerprint density at radius 3 is 2.81 bits per heavy atom. The summed E-state index contributed by atoms with van der Waals surface area (Å²) in [4.78, 5) is 15.5. The van der Waals surface area contributed by atoms with Crippen molar-refractivity contribution in [3.63, 3.8) is 0 Å². The van der Waals surface area contributed by atoms with Crippen molar-refractivity contribution >= 4 is 27.5 Å². The van der Waals surface area contributed by atoms with Crippen LogP contribution in [0.2, 0.25) is 0 Å². The van der Waals surface area contributed by atoms with Crippen molar-refractivity contribution in [2.24, 2.45) is 0 Å². The molecule has 0 aliphatic heterocycles. The second-order valence-electron chi connectivity index (χ2n) is 4.32. The Hall–Kier alpha value is -1.63. The summed E-state index contributed by atoms with van der Waals surface area (Å²) in [5.74, 6) is -0.660. The number of hydrogen-bond donors (Lipinski definition) is 0. The molecular weight excluding hydrogens is 343 g/mol. The van der Waals surface area contributed by atoms with Gasteiger partial charge < -0.3 is 13.9 Å². The normalized spacial score (nSPS) is 10.9. The lowest BCUT2D eigenvalue weighted by Crippen LogP contribution is -2.05. The summed E-state index contributed by atoms with van der Waals surface area (Å²) in [6, 6.07) is 0. The van der Waals surface area contributed by atoms with Crippen LogP contribution in [0.1, 0.15) is 26.0 Å². The van der Waals surface area contributed by atoms with Gasteiger partial charge in [0.2, 0.25) is 5.82 Å². The van der Waals surface area contributed by atoms with Gasteiger partial charge in [-0.2, -0.15) is 4.39 Å². The van der Waals surface area contributed by atoms with E-state index in [2.05, 4.69) is 20.9 Å². The molecule has 0 atom stereocenters. The summed E-state index contributed by atoms with van der Waals surface area (Å²) in [6.45, 7) is 4.25. The lowest BCUT2D eigenvalue weighted by molar-refractivity contribution is -0.143. The lowest BCUT2D eigenvalue weighted by atomic mass is 10.2. The highest BCUT2D eigenvalue weighted by Crippen LogP contribution is 2.30. The third kappa shape index (κ3) is 3.53. The topological polar surface area (TPSA) is 52.8 Å². The molecule has 0 fully saturated rings. The number of halogens is 2. The lowest BCUT2D eigenvalue weighted by Gasteiger charge is -2.07. The minimum atomic E-state index is -0.520. The molecular formula is C14H16BrFN2O3. The number of carbonyl (C=O) groups excluding carboxylic acids is 1. The van der Waals surface area contributed by atoms with E-state index in [4.69, 9.17) is 9.47 Å². The Balaban J connectivity index is 2.25. The van der Waals surface area contributed by atoms with Crippen LogP contribution in [0.15, 0.2) is 16.9 Å². The third-order valence-electron chi connectivity index (χ3n) is 2.83. The SMILES string of the molecule is CCOC(=O)CCc1cn2cc(Br)c(OCC)c(F)c2n1. The van der Waals surface area contributed by atoms with Gasteiger partial charge in [0.15, 0.2) is 11.4 Å². The fraction of sp³-hybridized carbons (Fsp3) is 0.429. The first-order valence-electron chi connectivity index (χ1n) is 6.70. The number of fused-ring (bicyclic) bond motifs is 1. The van der Waals surface area contributed by atoms with E-state index in [1.165, 1.54) is 0 Å².